The van der Waals surface area contributed by atoms with Gasteiger partial charge in [-0.05, 0) is 39.6 Å². The van der Waals surface area contributed by atoms with E-state index >= 15 is 0 Å². The predicted molar refractivity (Wildman–Crippen MR) is 101 cm³/mol. The van der Waals surface area contributed by atoms with Crippen molar-refractivity contribution in [3.05, 3.63) is 69.7 Å². The van der Waals surface area contributed by atoms with E-state index in [9.17, 15) is 4.79 Å². The molecule has 0 amide bonds. The Labute approximate surface area is 159 Å². The van der Waals surface area contributed by atoms with E-state index in [0.717, 1.165) is 5.56 Å². The standard InChI is InChI=1S/C19H17N7O2/c1-10(2)11-5-7-12(8-6-11)17-14-15(13-4-3-9-28-13)21-22-18(27)16(14)20-19-23-24-25-26(17)19/h3-10,17H,1-2H3,(H,22,27)(H,20,23,25)/t17-/m1/s1. The van der Waals surface area contributed by atoms with Crippen LogP contribution in [0.3, 0.4) is 0 Å². The van der Waals surface area contributed by atoms with Crippen molar-refractivity contribution in [2.75, 3.05) is 5.32 Å². The first-order chi connectivity index (χ1) is 13.6. The summed E-state index contributed by atoms with van der Waals surface area (Å²) in [5.41, 5.74) is 3.39. The number of hydrogen-bond acceptors (Lipinski definition) is 7. The number of benzene rings is 1. The van der Waals surface area contributed by atoms with E-state index in [-0.39, 0.29) is 5.56 Å². The van der Waals surface area contributed by atoms with E-state index in [1.165, 1.54) is 5.56 Å². The van der Waals surface area contributed by atoms with Crippen LogP contribution in [0.4, 0.5) is 11.6 Å². The molecular formula is C19H17N7O2. The first-order valence-electron chi connectivity index (χ1n) is 8.94. The van der Waals surface area contributed by atoms with Crippen LogP contribution in [0.15, 0.2) is 51.9 Å². The molecule has 9 nitrogen and oxygen atoms in total. The zero-order chi connectivity index (χ0) is 19.3. The SMILES string of the molecule is CC(C)c1ccc([C@@H]2c3c(-c4ccco4)n[nH]c(=O)c3Nc3nnnn32)cc1. The number of rotatable bonds is 3. The molecule has 28 heavy (non-hydrogen) atoms. The van der Waals surface area contributed by atoms with Gasteiger partial charge in [0.25, 0.3) is 5.56 Å². The lowest BCUT2D eigenvalue weighted by Gasteiger charge is -2.27. The van der Waals surface area contributed by atoms with Crippen LogP contribution in [0.2, 0.25) is 0 Å². The van der Waals surface area contributed by atoms with E-state index < -0.39 is 6.04 Å². The lowest BCUT2D eigenvalue weighted by Crippen LogP contribution is -2.29. The highest BCUT2D eigenvalue weighted by Crippen LogP contribution is 2.41. The van der Waals surface area contributed by atoms with Gasteiger partial charge in [-0.1, -0.05) is 43.2 Å². The molecule has 140 valence electrons. The Hall–Kier alpha value is -3.75. The summed E-state index contributed by atoms with van der Waals surface area (Å²) in [6.45, 7) is 4.29. The molecule has 2 N–H and O–H groups in total. The fourth-order valence-electron chi connectivity index (χ4n) is 3.51. The molecule has 0 aliphatic carbocycles. The zero-order valence-corrected chi connectivity index (χ0v) is 15.2. The highest BCUT2D eigenvalue weighted by Gasteiger charge is 2.34. The number of aromatic nitrogens is 6. The fraction of sp³-hybridized carbons (Fsp3) is 0.211. The van der Waals surface area contributed by atoms with E-state index in [1.807, 2.05) is 12.1 Å². The summed E-state index contributed by atoms with van der Waals surface area (Å²) in [4.78, 5) is 12.5. The van der Waals surface area contributed by atoms with Gasteiger partial charge in [-0.2, -0.15) is 9.78 Å². The molecule has 0 saturated carbocycles. The Bertz CT molecular complexity index is 1190. The van der Waals surface area contributed by atoms with Crippen LogP contribution >= 0.6 is 0 Å². The minimum Gasteiger partial charge on any atom is -0.463 e. The van der Waals surface area contributed by atoms with Crippen molar-refractivity contribution in [1.29, 1.82) is 0 Å². The van der Waals surface area contributed by atoms with Gasteiger partial charge in [-0.3, -0.25) is 4.79 Å². The van der Waals surface area contributed by atoms with Crippen LogP contribution in [-0.4, -0.2) is 30.4 Å². The van der Waals surface area contributed by atoms with E-state index in [1.54, 1.807) is 23.1 Å². The number of hydrogen-bond donors (Lipinski definition) is 2. The quantitative estimate of drug-likeness (QED) is 0.498. The number of fused-ring (bicyclic) bond motifs is 2. The summed E-state index contributed by atoms with van der Waals surface area (Å²) >= 11 is 0. The van der Waals surface area contributed by atoms with Crippen LogP contribution in [0.1, 0.15) is 42.5 Å². The van der Waals surface area contributed by atoms with Crippen LogP contribution in [0.5, 0.6) is 0 Å². The van der Waals surface area contributed by atoms with Crippen LogP contribution in [0, 0.1) is 0 Å². The molecule has 5 rings (SSSR count). The number of nitrogens with zero attached hydrogens (tertiary/aromatic N) is 5. The molecule has 1 aromatic carbocycles. The topological polar surface area (TPSA) is 115 Å². The van der Waals surface area contributed by atoms with E-state index in [2.05, 4.69) is 57.0 Å². The first kappa shape index (κ1) is 16.4. The van der Waals surface area contributed by atoms with Crippen LogP contribution < -0.4 is 10.9 Å². The third-order valence-electron chi connectivity index (χ3n) is 4.94. The first-order valence-corrected chi connectivity index (χ1v) is 8.94. The van der Waals surface area contributed by atoms with Gasteiger partial charge in [-0.25, -0.2) is 5.10 Å². The smallest absolute Gasteiger partial charge is 0.288 e. The van der Waals surface area contributed by atoms with Crippen molar-refractivity contribution in [3.63, 3.8) is 0 Å². The van der Waals surface area contributed by atoms with E-state index in [0.29, 0.717) is 34.6 Å². The molecule has 1 aliphatic heterocycles. The Balaban J connectivity index is 1.77. The molecule has 0 spiro atoms. The molecule has 4 heterocycles. The maximum atomic E-state index is 12.5. The highest BCUT2D eigenvalue weighted by molar-refractivity contribution is 5.73. The number of aromatic amines is 1. The monoisotopic (exact) mass is 375 g/mol. The van der Waals surface area contributed by atoms with Gasteiger partial charge in [0.1, 0.15) is 17.4 Å². The minimum absolute atomic E-state index is 0.344. The Kier molecular flexibility index (Phi) is 3.61. The Morgan fingerprint density at radius 2 is 2.00 bits per heavy atom. The molecule has 0 fully saturated rings. The molecule has 1 aliphatic rings. The maximum Gasteiger partial charge on any atom is 0.288 e. The Morgan fingerprint density at radius 1 is 1.18 bits per heavy atom. The second-order valence-corrected chi connectivity index (χ2v) is 6.96. The van der Waals surface area contributed by atoms with Crippen molar-refractivity contribution >= 4 is 11.6 Å². The second-order valence-electron chi connectivity index (χ2n) is 6.96. The van der Waals surface area contributed by atoms with Gasteiger partial charge >= 0.3 is 0 Å². The molecule has 3 aromatic heterocycles. The third kappa shape index (κ3) is 2.43. The van der Waals surface area contributed by atoms with Crippen molar-refractivity contribution < 1.29 is 4.42 Å². The lowest BCUT2D eigenvalue weighted by molar-refractivity contribution is 0.554. The summed E-state index contributed by atoms with van der Waals surface area (Å²) < 4.78 is 7.21. The van der Waals surface area contributed by atoms with Gasteiger partial charge in [0.2, 0.25) is 5.95 Å². The number of anilines is 2. The summed E-state index contributed by atoms with van der Waals surface area (Å²) in [6, 6.07) is 11.4. The molecule has 4 aromatic rings. The van der Waals surface area contributed by atoms with Gasteiger partial charge in [0.15, 0.2) is 5.76 Å². The van der Waals surface area contributed by atoms with Crippen molar-refractivity contribution in [2.45, 2.75) is 25.8 Å². The summed E-state index contributed by atoms with van der Waals surface area (Å²) in [5, 5.41) is 21.7. The highest BCUT2D eigenvalue weighted by atomic mass is 16.3. The van der Waals surface area contributed by atoms with Gasteiger partial charge in [0, 0.05) is 5.56 Å². The largest absolute Gasteiger partial charge is 0.463 e. The van der Waals surface area contributed by atoms with Crippen LogP contribution in [0.25, 0.3) is 11.5 Å². The summed E-state index contributed by atoms with van der Waals surface area (Å²) in [6.07, 6.45) is 1.57. The molecular weight excluding hydrogens is 358 g/mol. The molecule has 0 radical (unpaired) electrons. The Morgan fingerprint density at radius 3 is 2.71 bits per heavy atom. The minimum atomic E-state index is -0.419. The van der Waals surface area contributed by atoms with Crippen LogP contribution in [-0.2, 0) is 0 Å². The molecule has 0 saturated heterocycles. The maximum absolute atomic E-state index is 12.5. The molecule has 9 heteroatoms. The van der Waals surface area contributed by atoms with Gasteiger partial charge < -0.3 is 9.73 Å². The average molecular weight is 375 g/mol. The normalized spacial score (nSPS) is 15.2. The predicted octanol–water partition coefficient (Wildman–Crippen LogP) is 2.83. The van der Waals surface area contributed by atoms with Gasteiger partial charge in [-0.15, -0.1) is 0 Å². The number of H-pyrrole nitrogens is 1. The third-order valence-corrected chi connectivity index (χ3v) is 4.94. The van der Waals surface area contributed by atoms with Crippen molar-refractivity contribution in [1.82, 2.24) is 30.4 Å². The van der Waals surface area contributed by atoms with Crippen molar-refractivity contribution in [3.8, 4) is 11.5 Å². The molecule has 1 atom stereocenters. The zero-order valence-electron chi connectivity index (χ0n) is 15.2. The fourth-order valence-corrected chi connectivity index (χ4v) is 3.51. The average Bonchev–Trinajstić information content (AvgIpc) is 3.39. The molecule has 0 unspecified atom stereocenters. The lowest BCUT2D eigenvalue weighted by atomic mass is 9.92. The van der Waals surface area contributed by atoms with Gasteiger partial charge in [0.05, 0.1) is 6.26 Å². The number of nitrogens with one attached hydrogen (secondary N) is 2. The summed E-state index contributed by atoms with van der Waals surface area (Å²) in [5.74, 6) is 1.36. The number of tetrazole rings is 1. The molecule has 0 bridgehead atoms. The summed E-state index contributed by atoms with van der Waals surface area (Å²) in [7, 11) is 0. The second kappa shape index (κ2) is 6.15. The van der Waals surface area contributed by atoms with E-state index in [4.69, 9.17) is 4.42 Å². The van der Waals surface area contributed by atoms with Crippen molar-refractivity contribution in [2.24, 2.45) is 0 Å². The number of furan rings is 1.